The zero-order chi connectivity index (χ0) is 18.9. The Balaban J connectivity index is 1.38. The molecule has 0 radical (unpaired) electrons. The zero-order valence-corrected chi connectivity index (χ0v) is 15.7. The molecule has 142 valence electrons. The third kappa shape index (κ3) is 3.69. The predicted octanol–water partition coefficient (Wildman–Crippen LogP) is 3.46. The first kappa shape index (κ1) is 18.0. The molecule has 0 aliphatic carbocycles. The Labute approximate surface area is 159 Å². The number of likely N-dealkylation sites (tertiary alicyclic amines) is 2. The van der Waals surface area contributed by atoms with Gasteiger partial charge in [-0.2, -0.15) is 0 Å². The molecule has 2 saturated heterocycles. The van der Waals surface area contributed by atoms with Crippen LogP contribution in [0.5, 0.6) is 5.75 Å². The summed E-state index contributed by atoms with van der Waals surface area (Å²) in [7, 11) is 1.67. The number of ether oxygens (including phenoxy) is 1. The molecule has 2 fully saturated rings. The first-order valence-electron chi connectivity index (χ1n) is 9.47. The number of amides is 1. The third-order valence-corrected chi connectivity index (χ3v) is 5.86. The maximum atomic E-state index is 13.4. The fourth-order valence-corrected chi connectivity index (χ4v) is 4.36. The Hall–Kier alpha value is -2.40. The summed E-state index contributed by atoms with van der Waals surface area (Å²) < 4.78 is 18.6. The SMILES string of the molecule is COc1ccc(CN2CCC3(CCN(Cc4cccc(F)c4)C3=O)C2)cc1. The van der Waals surface area contributed by atoms with E-state index in [0.717, 1.165) is 50.3 Å². The van der Waals surface area contributed by atoms with Gasteiger partial charge in [-0.3, -0.25) is 9.69 Å². The molecular weight excluding hydrogens is 343 g/mol. The second kappa shape index (κ2) is 7.31. The van der Waals surface area contributed by atoms with Gasteiger partial charge in [0.05, 0.1) is 12.5 Å². The summed E-state index contributed by atoms with van der Waals surface area (Å²) in [5.74, 6) is 0.833. The van der Waals surface area contributed by atoms with Gasteiger partial charge in [-0.1, -0.05) is 24.3 Å². The maximum absolute atomic E-state index is 13.4. The summed E-state index contributed by atoms with van der Waals surface area (Å²) in [4.78, 5) is 17.4. The standard InChI is InChI=1S/C22H25FN2O2/c1-27-20-7-5-17(6-8-20)14-24-11-9-22(16-24)10-12-25(21(22)26)15-18-3-2-4-19(23)13-18/h2-8,13H,9-12,14-16H2,1H3. The van der Waals surface area contributed by atoms with E-state index in [1.165, 1.54) is 17.7 Å². The minimum absolute atomic E-state index is 0.226. The smallest absolute Gasteiger partial charge is 0.230 e. The van der Waals surface area contributed by atoms with Crippen molar-refractivity contribution < 1.29 is 13.9 Å². The Morgan fingerprint density at radius 2 is 1.81 bits per heavy atom. The summed E-state index contributed by atoms with van der Waals surface area (Å²) in [5, 5.41) is 0. The Morgan fingerprint density at radius 1 is 1.04 bits per heavy atom. The van der Waals surface area contributed by atoms with Crippen LogP contribution in [0.3, 0.4) is 0 Å². The molecule has 2 aromatic rings. The molecule has 0 saturated carbocycles. The van der Waals surface area contributed by atoms with E-state index in [0.29, 0.717) is 6.54 Å². The number of benzene rings is 2. The van der Waals surface area contributed by atoms with E-state index in [-0.39, 0.29) is 17.1 Å². The fraction of sp³-hybridized carbons (Fsp3) is 0.409. The van der Waals surface area contributed by atoms with Crippen molar-refractivity contribution in [3.05, 3.63) is 65.5 Å². The zero-order valence-electron chi connectivity index (χ0n) is 15.7. The number of rotatable bonds is 5. The molecule has 2 aromatic carbocycles. The number of carbonyl (C=O) groups is 1. The van der Waals surface area contributed by atoms with Crippen LogP contribution in [-0.2, 0) is 17.9 Å². The van der Waals surface area contributed by atoms with Gasteiger partial charge in [0.25, 0.3) is 0 Å². The number of methoxy groups -OCH3 is 1. The van der Waals surface area contributed by atoms with Gasteiger partial charge in [-0.25, -0.2) is 4.39 Å². The summed E-state index contributed by atoms with van der Waals surface area (Å²) >= 11 is 0. The van der Waals surface area contributed by atoms with Crippen LogP contribution in [0.4, 0.5) is 4.39 Å². The van der Waals surface area contributed by atoms with Crippen molar-refractivity contribution in [3.63, 3.8) is 0 Å². The molecule has 4 nitrogen and oxygen atoms in total. The molecule has 1 atom stereocenters. The topological polar surface area (TPSA) is 32.8 Å². The van der Waals surface area contributed by atoms with E-state index >= 15 is 0 Å². The van der Waals surface area contributed by atoms with Crippen molar-refractivity contribution in [2.24, 2.45) is 5.41 Å². The van der Waals surface area contributed by atoms with Crippen molar-refractivity contribution in [3.8, 4) is 5.75 Å². The Bertz CT molecular complexity index is 823. The van der Waals surface area contributed by atoms with Crippen molar-refractivity contribution in [1.82, 2.24) is 9.80 Å². The molecule has 4 rings (SSSR count). The van der Waals surface area contributed by atoms with Gasteiger partial charge in [0.1, 0.15) is 11.6 Å². The first-order valence-corrected chi connectivity index (χ1v) is 9.47. The van der Waals surface area contributed by atoms with Crippen LogP contribution >= 0.6 is 0 Å². The highest BCUT2D eigenvalue weighted by Gasteiger charge is 2.50. The lowest BCUT2D eigenvalue weighted by atomic mass is 9.85. The van der Waals surface area contributed by atoms with Gasteiger partial charge in [0, 0.05) is 26.2 Å². The molecule has 1 unspecified atom stereocenters. The summed E-state index contributed by atoms with van der Waals surface area (Å²) in [6.07, 6.45) is 1.79. The number of hydrogen-bond donors (Lipinski definition) is 0. The van der Waals surface area contributed by atoms with Crippen LogP contribution in [0, 0.1) is 11.2 Å². The van der Waals surface area contributed by atoms with E-state index in [1.807, 2.05) is 23.1 Å². The lowest BCUT2D eigenvalue weighted by Crippen LogP contribution is -2.36. The number of hydrogen-bond acceptors (Lipinski definition) is 3. The minimum atomic E-state index is -0.264. The van der Waals surface area contributed by atoms with Crippen molar-refractivity contribution in [1.29, 1.82) is 0 Å². The second-order valence-electron chi connectivity index (χ2n) is 7.70. The maximum Gasteiger partial charge on any atom is 0.230 e. The average Bonchev–Trinajstić information content (AvgIpc) is 3.21. The highest BCUT2D eigenvalue weighted by atomic mass is 19.1. The fourth-order valence-electron chi connectivity index (χ4n) is 4.36. The Morgan fingerprint density at radius 3 is 2.56 bits per heavy atom. The predicted molar refractivity (Wildman–Crippen MR) is 102 cm³/mol. The van der Waals surface area contributed by atoms with Crippen LogP contribution in [-0.4, -0.2) is 42.5 Å². The minimum Gasteiger partial charge on any atom is -0.497 e. The second-order valence-corrected chi connectivity index (χ2v) is 7.70. The van der Waals surface area contributed by atoms with Gasteiger partial charge in [-0.05, 0) is 54.8 Å². The summed E-state index contributed by atoms with van der Waals surface area (Å²) in [6, 6.07) is 14.6. The van der Waals surface area contributed by atoms with E-state index in [1.54, 1.807) is 13.2 Å². The lowest BCUT2D eigenvalue weighted by molar-refractivity contribution is -0.136. The summed E-state index contributed by atoms with van der Waals surface area (Å²) in [5.41, 5.74) is 1.82. The molecule has 2 aliphatic heterocycles. The molecule has 0 aromatic heterocycles. The number of nitrogens with zero attached hydrogens (tertiary/aromatic N) is 2. The molecule has 1 spiro atoms. The Kier molecular flexibility index (Phi) is 4.87. The first-order chi connectivity index (χ1) is 13.1. The van der Waals surface area contributed by atoms with Crippen LogP contribution in [0.1, 0.15) is 24.0 Å². The quantitative estimate of drug-likeness (QED) is 0.810. The van der Waals surface area contributed by atoms with E-state index in [9.17, 15) is 9.18 Å². The molecule has 5 heteroatoms. The molecule has 0 N–H and O–H groups in total. The van der Waals surface area contributed by atoms with Crippen molar-refractivity contribution >= 4 is 5.91 Å². The van der Waals surface area contributed by atoms with Crippen molar-refractivity contribution in [2.75, 3.05) is 26.7 Å². The van der Waals surface area contributed by atoms with Crippen molar-refractivity contribution in [2.45, 2.75) is 25.9 Å². The molecule has 2 aliphatic rings. The normalized spacial score (nSPS) is 22.7. The molecule has 2 heterocycles. The monoisotopic (exact) mass is 368 g/mol. The van der Waals surface area contributed by atoms with Gasteiger partial charge in [-0.15, -0.1) is 0 Å². The number of carbonyl (C=O) groups excluding carboxylic acids is 1. The van der Waals surface area contributed by atoms with Gasteiger partial charge < -0.3 is 9.64 Å². The highest BCUT2D eigenvalue weighted by molar-refractivity contribution is 5.85. The van der Waals surface area contributed by atoms with Gasteiger partial charge in [0.2, 0.25) is 5.91 Å². The van der Waals surface area contributed by atoms with Crippen LogP contribution in [0.15, 0.2) is 48.5 Å². The highest BCUT2D eigenvalue weighted by Crippen LogP contribution is 2.41. The van der Waals surface area contributed by atoms with Crippen LogP contribution in [0.2, 0.25) is 0 Å². The molecule has 1 amide bonds. The molecular formula is C22H25FN2O2. The van der Waals surface area contributed by atoms with Gasteiger partial charge in [0.15, 0.2) is 0 Å². The molecule has 27 heavy (non-hydrogen) atoms. The van der Waals surface area contributed by atoms with Crippen LogP contribution < -0.4 is 4.74 Å². The van der Waals surface area contributed by atoms with Crippen LogP contribution in [0.25, 0.3) is 0 Å². The average molecular weight is 368 g/mol. The van der Waals surface area contributed by atoms with Gasteiger partial charge >= 0.3 is 0 Å². The van der Waals surface area contributed by atoms with E-state index in [4.69, 9.17) is 4.74 Å². The summed E-state index contributed by atoms with van der Waals surface area (Å²) in [6.45, 7) is 3.84. The van der Waals surface area contributed by atoms with E-state index in [2.05, 4.69) is 17.0 Å². The largest absolute Gasteiger partial charge is 0.497 e. The van der Waals surface area contributed by atoms with E-state index < -0.39 is 0 Å². The number of halogens is 1. The molecule has 0 bridgehead atoms. The lowest BCUT2D eigenvalue weighted by Gasteiger charge is -2.24. The third-order valence-electron chi connectivity index (χ3n) is 5.86.